The van der Waals surface area contributed by atoms with Crippen molar-refractivity contribution in [3.05, 3.63) is 28.0 Å². The third kappa shape index (κ3) is 3.01. The maximum absolute atomic E-state index is 11.0. The van der Waals surface area contributed by atoms with Gasteiger partial charge in [-0.15, -0.1) is 0 Å². The van der Waals surface area contributed by atoms with E-state index >= 15 is 0 Å². The molecule has 0 radical (unpaired) electrons. The molecule has 2 rings (SSSR count). The van der Waals surface area contributed by atoms with Crippen LogP contribution in [0.2, 0.25) is 10.0 Å². The van der Waals surface area contributed by atoms with Crippen molar-refractivity contribution in [1.82, 2.24) is 9.55 Å². The Kier molecular flexibility index (Phi) is 4.02. The standard InChI is InChI=1S/C13H14Cl2N2O2/c1-7(2)3-12-16-10-4-8(14)9(15)5-11(10)17(12)6-13(18)19/h4-5,7H,3,6H2,1-2H3,(H,18,19). The van der Waals surface area contributed by atoms with Crippen LogP contribution < -0.4 is 0 Å². The third-order valence-corrected chi connectivity index (χ3v) is 3.48. The maximum Gasteiger partial charge on any atom is 0.323 e. The Balaban J connectivity index is 2.62. The number of nitrogens with zero attached hydrogens (tertiary/aromatic N) is 2. The average molecular weight is 301 g/mol. The van der Waals surface area contributed by atoms with Gasteiger partial charge in [0.05, 0.1) is 21.1 Å². The molecule has 1 aromatic heterocycles. The van der Waals surface area contributed by atoms with Gasteiger partial charge in [0, 0.05) is 6.42 Å². The summed E-state index contributed by atoms with van der Waals surface area (Å²) in [4.78, 5) is 15.5. The number of carbonyl (C=O) groups is 1. The second-order valence-electron chi connectivity index (χ2n) is 4.86. The molecule has 6 heteroatoms. The predicted octanol–water partition coefficient (Wildman–Crippen LogP) is 3.63. The minimum Gasteiger partial charge on any atom is -0.480 e. The van der Waals surface area contributed by atoms with E-state index in [0.717, 1.165) is 5.82 Å². The minimum atomic E-state index is -0.907. The molecule has 0 atom stereocenters. The summed E-state index contributed by atoms with van der Waals surface area (Å²) in [6.07, 6.45) is 0.706. The molecule has 0 saturated heterocycles. The van der Waals surface area contributed by atoms with E-state index in [1.165, 1.54) is 0 Å². The molecule has 0 fully saturated rings. The van der Waals surface area contributed by atoms with Crippen LogP contribution in [0.4, 0.5) is 0 Å². The van der Waals surface area contributed by atoms with Crippen molar-refractivity contribution in [2.75, 3.05) is 0 Å². The maximum atomic E-state index is 11.0. The molecule has 102 valence electrons. The number of fused-ring (bicyclic) bond motifs is 1. The lowest BCUT2D eigenvalue weighted by Crippen LogP contribution is -2.13. The van der Waals surface area contributed by atoms with Crippen LogP contribution in [-0.4, -0.2) is 20.6 Å². The second kappa shape index (κ2) is 5.39. The van der Waals surface area contributed by atoms with E-state index in [1.807, 2.05) is 0 Å². The molecule has 0 saturated carbocycles. The number of aromatic nitrogens is 2. The number of imidazole rings is 1. The fourth-order valence-corrected chi connectivity index (χ4v) is 2.32. The summed E-state index contributed by atoms with van der Waals surface area (Å²) in [5.74, 6) is 0.219. The molecule has 0 spiro atoms. The SMILES string of the molecule is CC(C)Cc1nc2cc(Cl)c(Cl)cc2n1CC(=O)O. The zero-order chi connectivity index (χ0) is 14.2. The first-order chi connectivity index (χ1) is 8.88. The van der Waals surface area contributed by atoms with Gasteiger partial charge in [-0.3, -0.25) is 4.79 Å². The molecular weight excluding hydrogens is 287 g/mol. The van der Waals surface area contributed by atoms with Crippen molar-refractivity contribution in [3.63, 3.8) is 0 Å². The van der Waals surface area contributed by atoms with Crippen LogP contribution in [0.25, 0.3) is 11.0 Å². The van der Waals surface area contributed by atoms with Crippen LogP contribution in [0.1, 0.15) is 19.7 Å². The molecule has 19 heavy (non-hydrogen) atoms. The quantitative estimate of drug-likeness (QED) is 0.938. The summed E-state index contributed by atoms with van der Waals surface area (Å²) in [5, 5.41) is 9.84. The van der Waals surface area contributed by atoms with Gasteiger partial charge in [-0.25, -0.2) is 4.98 Å². The summed E-state index contributed by atoms with van der Waals surface area (Å²) in [6, 6.07) is 3.33. The molecule has 1 heterocycles. The lowest BCUT2D eigenvalue weighted by Gasteiger charge is -2.08. The van der Waals surface area contributed by atoms with Crippen LogP contribution in [0, 0.1) is 5.92 Å². The molecule has 2 aromatic rings. The molecule has 0 amide bonds. The van der Waals surface area contributed by atoms with Gasteiger partial charge in [-0.1, -0.05) is 37.0 Å². The zero-order valence-corrected chi connectivity index (χ0v) is 12.2. The number of carboxylic acids is 1. The van der Waals surface area contributed by atoms with Gasteiger partial charge >= 0.3 is 5.97 Å². The van der Waals surface area contributed by atoms with E-state index in [-0.39, 0.29) is 6.54 Å². The molecule has 0 bridgehead atoms. The number of hydrogen-bond donors (Lipinski definition) is 1. The highest BCUT2D eigenvalue weighted by atomic mass is 35.5. The van der Waals surface area contributed by atoms with Crippen molar-refractivity contribution >= 4 is 40.2 Å². The van der Waals surface area contributed by atoms with Gasteiger partial charge < -0.3 is 9.67 Å². The lowest BCUT2D eigenvalue weighted by molar-refractivity contribution is -0.137. The summed E-state index contributed by atoms with van der Waals surface area (Å²) in [7, 11) is 0. The fraction of sp³-hybridized carbons (Fsp3) is 0.385. The third-order valence-electron chi connectivity index (χ3n) is 2.75. The number of rotatable bonds is 4. The average Bonchev–Trinajstić information content (AvgIpc) is 2.56. The molecule has 1 N–H and O–H groups in total. The highest BCUT2D eigenvalue weighted by Gasteiger charge is 2.15. The zero-order valence-electron chi connectivity index (χ0n) is 10.7. The van der Waals surface area contributed by atoms with Crippen molar-refractivity contribution in [2.45, 2.75) is 26.8 Å². The van der Waals surface area contributed by atoms with Crippen molar-refractivity contribution in [2.24, 2.45) is 5.92 Å². The largest absolute Gasteiger partial charge is 0.480 e. The Morgan fingerprint density at radius 1 is 1.37 bits per heavy atom. The molecular formula is C13H14Cl2N2O2. The first-order valence-corrected chi connectivity index (χ1v) is 6.70. The van der Waals surface area contributed by atoms with E-state index < -0.39 is 5.97 Å². The topological polar surface area (TPSA) is 55.1 Å². The fourth-order valence-electron chi connectivity index (χ4n) is 2.00. The van der Waals surface area contributed by atoms with Crippen LogP contribution in [0.15, 0.2) is 12.1 Å². The van der Waals surface area contributed by atoms with Gasteiger partial charge in [0.2, 0.25) is 0 Å². The molecule has 4 nitrogen and oxygen atoms in total. The smallest absolute Gasteiger partial charge is 0.323 e. The van der Waals surface area contributed by atoms with E-state index in [0.29, 0.717) is 33.4 Å². The molecule has 0 aliphatic heterocycles. The van der Waals surface area contributed by atoms with Gasteiger partial charge in [-0.05, 0) is 18.1 Å². The van der Waals surface area contributed by atoms with Crippen LogP contribution in [0.3, 0.4) is 0 Å². The van der Waals surface area contributed by atoms with E-state index in [9.17, 15) is 4.79 Å². The second-order valence-corrected chi connectivity index (χ2v) is 5.68. The Labute approximate surface area is 121 Å². The monoisotopic (exact) mass is 300 g/mol. The van der Waals surface area contributed by atoms with Crippen LogP contribution >= 0.6 is 23.2 Å². The first kappa shape index (κ1) is 14.2. The van der Waals surface area contributed by atoms with E-state index in [4.69, 9.17) is 28.3 Å². The lowest BCUT2D eigenvalue weighted by atomic mass is 10.1. The highest BCUT2D eigenvalue weighted by molar-refractivity contribution is 6.42. The van der Waals surface area contributed by atoms with Gasteiger partial charge in [0.1, 0.15) is 12.4 Å². The number of benzene rings is 1. The summed E-state index contributed by atoms with van der Waals surface area (Å²) in [5.41, 5.74) is 1.37. The summed E-state index contributed by atoms with van der Waals surface area (Å²) < 4.78 is 1.68. The Morgan fingerprint density at radius 3 is 2.58 bits per heavy atom. The number of aliphatic carboxylic acids is 1. The number of halogens is 2. The van der Waals surface area contributed by atoms with Crippen LogP contribution in [-0.2, 0) is 17.8 Å². The van der Waals surface area contributed by atoms with E-state index in [2.05, 4.69) is 18.8 Å². The molecule has 0 aliphatic rings. The Bertz CT molecular complexity index is 635. The highest BCUT2D eigenvalue weighted by Crippen LogP contribution is 2.28. The first-order valence-electron chi connectivity index (χ1n) is 5.94. The molecule has 1 aromatic carbocycles. The van der Waals surface area contributed by atoms with Crippen molar-refractivity contribution in [1.29, 1.82) is 0 Å². The van der Waals surface area contributed by atoms with Gasteiger partial charge in [0.25, 0.3) is 0 Å². The summed E-state index contributed by atoms with van der Waals surface area (Å²) >= 11 is 12.0. The van der Waals surface area contributed by atoms with Gasteiger partial charge in [0.15, 0.2) is 0 Å². The molecule has 0 aliphatic carbocycles. The Hall–Kier alpha value is -1.26. The number of hydrogen-bond acceptors (Lipinski definition) is 2. The van der Waals surface area contributed by atoms with E-state index in [1.54, 1.807) is 16.7 Å². The summed E-state index contributed by atoms with van der Waals surface area (Å²) in [6.45, 7) is 3.99. The molecule has 0 unspecified atom stereocenters. The van der Waals surface area contributed by atoms with Gasteiger partial charge in [-0.2, -0.15) is 0 Å². The van der Waals surface area contributed by atoms with Crippen molar-refractivity contribution < 1.29 is 9.90 Å². The predicted molar refractivity (Wildman–Crippen MR) is 75.9 cm³/mol. The Morgan fingerprint density at radius 2 is 2.00 bits per heavy atom. The van der Waals surface area contributed by atoms with Crippen LogP contribution in [0.5, 0.6) is 0 Å². The minimum absolute atomic E-state index is 0.128. The normalized spacial score (nSPS) is 11.4. The van der Waals surface area contributed by atoms with Crippen molar-refractivity contribution in [3.8, 4) is 0 Å². The number of carboxylic acid groups (broad SMARTS) is 1.